The fourth-order valence-electron chi connectivity index (χ4n) is 3.92. The first-order valence-electron chi connectivity index (χ1n) is 9.33. The SMILES string of the molecule is O[C@@H]1[C@H](O)COC[C@H]1N1CCN(Cc2cccc(-n3cccc3)c2)CC1. The Kier molecular flexibility index (Phi) is 5.38. The first-order valence-corrected chi connectivity index (χ1v) is 9.33. The molecular weight excluding hydrogens is 330 g/mol. The van der Waals surface area contributed by atoms with Gasteiger partial charge in [0, 0.05) is 50.8 Å². The van der Waals surface area contributed by atoms with Gasteiger partial charge in [-0.05, 0) is 29.8 Å². The van der Waals surface area contributed by atoms with Crippen molar-refractivity contribution in [3.63, 3.8) is 0 Å². The van der Waals surface area contributed by atoms with Crippen molar-refractivity contribution in [1.82, 2.24) is 14.4 Å². The lowest BCUT2D eigenvalue weighted by Crippen LogP contribution is -2.60. The zero-order valence-corrected chi connectivity index (χ0v) is 14.9. The molecular formula is C20H27N3O3. The van der Waals surface area contributed by atoms with Crippen LogP contribution in [0.2, 0.25) is 0 Å². The number of aromatic nitrogens is 1. The molecule has 0 aliphatic carbocycles. The van der Waals surface area contributed by atoms with E-state index in [4.69, 9.17) is 4.74 Å². The third-order valence-corrected chi connectivity index (χ3v) is 5.46. The van der Waals surface area contributed by atoms with Crippen molar-refractivity contribution in [2.75, 3.05) is 39.4 Å². The van der Waals surface area contributed by atoms with Crippen LogP contribution in [0.1, 0.15) is 5.56 Å². The number of hydrogen-bond acceptors (Lipinski definition) is 5. The van der Waals surface area contributed by atoms with E-state index >= 15 is 0 Å². The van der Waals surface area contributed by atoms with Gasteiger partial charge in [-0.1, -0.05) is 12.1 Å². The lowest BCUT2D eigenvalue weighted by Gasteiger charge is -2.43. The number of aliphatic hydroxyl groups excluding tert-OH is 2. The molecule has 4 rings (SSSR count). The van der Waals surface area contributed by atoms with Crippen LogP contribution in [0.5, 0.6) is 0 Å². The predicted octanol–water partition coefficient (Wildman–Crippen LogP) is 0.715. The van der Waals surface area contributed by atoms with Crippen molar-refractivity contribution in [3.8, 4) is 5.69 Å². The lowest BCUT2D eigenvalue weighted by atomic mass is 10.0. The van der Waals surface area contributed by atoms with E-state index in [-0.39, 0.29) is 12.6 Å². The smallest absolute Gasteiger partial charge is 0.105 e. The number of hydrogen-bond donors (Lipinski definition) is 2. The molecule has 3 atom stereocenters. The number of benzene rings is 1. The van der Waals surface area contributed by atoms with Crippen LogP contribution in [0, 0.1) is 0 Å². The van der Waals surface area contributed by atoms with Crippen molar-refractivity contribution in [2.24, 2.45) is 0 Å². The molecule has 1 aromatic carbocycles. The number of ether oxygens (including phenoxy) is 1. The minimum Gasteiger partial charge on any atom is -0.389 e. The maximum absolute atomic E-state index is 10.2. The van der Waals surface area contributed by atoms with Crippen LogP contribution < -0.4 is 0 Å². The van der Waals surface area contributed by atoms with E-state index in [1.54, 1.807) is 0 Å². The van der Waals surface area contributed by atoms with Crippen molar-refractivity contribution in [3.05, 3.63) is 54.4 Å². The van der Waals surface area contributed by atoms with Crippen molar-refractivity contribution in [2.45, 2.75) is 24.8 Å². The number of rotatable bonds is 4. The van der Waals surface area contributed by atoms with E-state index in [0.29, 0.717) is 6.61 Å². The van der Waals surface area contributed by atoms with Crippen LogP contribution in [0.25, 0.3) is 5.69 Å². The molecule has 0 amide bonds. The first kappa shape index (κ1) is 17.7. The molecule has 2 aliphatic heterocycles. The number of piperazine rings is 1. The van der Waals surface area contributed by atoms with E-state index in [0.717, 1.165) is 32.7 Å². The highest BCUT2D eigenvalue weighted by Gasteiger charge is 2.36. The Morgan fingerprint density at radius 1 is 0.962 bits per heavy atom. The highest BCUT2D eigenvalue weighted by atomic mass is 16.5. The molecule has 2 aliphatic rings. The summed E-state index contributed by atoms with van der Waals surface area (Å²) < 4.78 is 7.54. The summed E-state index contributed by atoms with van der Waals surface area (Å²) in [6.07, 6.45) is 2.63. The topological polar surface area (TPSA) is 61.1 Å². The third kappa shape index (κ3) is 3.84. The van der Waals surface area contributed by atoms with Gasteiger partial charge >= 0.3 is 0 Å². The minimum atomic E-state index is -0.775. The monoisotopic (exact) mass is 357 g/mol. The molecule has 0 bridgehead atoms. The Morgan fingerprint density at radius 2 is 1.73 bits per heavy atom. The third-order valence-electron chi connectivity index (χ3n) is 5.46. The Hall–Kier alpha value is -1.70. The molecule has 2 N–H and O–H groups in total. The molecule has 6 heteroatoms. The van der Waals surface area contributed by atoms with Gasteiger partial charge in [-0.2, -0.15) is 0 Å². The molecule has 3 heterocycles. The normalized spacial score (nSPS) is 28.3. The standard InChI is InChI=1S/C20H27N3O3/c24-19-15-26-14-18(20(19)25)23-10-8-21(9-11-23)13-16-4-3-5-17(12-16)22-6-1-2-7-22/h1-7,12,18-20,24-25H,8-11,13-15H2/t18-,19-,20+/m1/s1. The Bertz CT molecular complexity index is 698. The van der Waals surface area contributed by atoms with Crippen LogP contribution in [0.3, 0.4) is 0 Å². The molecule has 2 fully saturated rings. The summed E-state index contributed by atoms with van der Waals surface area (Å²) in [6, 6.07) is 12.6. The molecule has 0 unspecified atom stereocenters. The summed E-state index contributed by atoms with van der Waals surface area (Å²) in [6.45, 7) is 5.33. The molecule has 0 saturated carbocycles. The maximum Gasteiger partial charge on any atom is 0.105 e. The zero-order valence-electron chi connectivity index (χ0n) is 14.9. The average molecular weight is 357 g/mol. The van der Waals surface area contributed by atoms with Gasteiger partial charge in [0.05, 0.1) is 25.4 Å². The summed E-state index contributed by atoms with van der Waals surface area (Å²) >= 11 is 0. The van der Waals surface area contributed by atoms with Gasteiger partial charge in [0.2, 0.25) is 0 Å². The predicted molar refractivity (Wildman–Crippen MR) is 99.2 cm³/mol. The molecule has 26 heavy (non-hydrogen) atoms. The van der Waals surface area contributed by atoms with Crippen molar-refractivity contribution < 1.29 is 14.9 Å². The van der Waals surface area contributed by atoms with Crippen LogP contribution in [-0.4, -0.2) is 82.2 Å². The number of nitrogens with zero attached hydrogens (tertiary/aromatic N) is 3. The molecule has 6 nitrogen and oxygen atoms in total. The van der Waals surface area contributed by atoms with Crippen LogP contribution >= 0.6 is 0 Å². The summed E-state index contributed by atoms with van der Waals surface area (Å²) in [5, 5.41) is 20.0. The van der Waals surface area contributed by atoms with Gasteiger partial charge in [-0.25, -0.2) is 0 Å². The molecule has 140 valence electrons. The highest BCUT2D eigenvalue weighted by molar-refractivity contribution is 5.36. The second-order valence-corrected chi connectivity index (χ2v) is 7.24. The number of aliphatic hydroxyl groups is 2. The molecule has 1 aromatic heterocycles. The van der Waals surface area contributed by atoms with Gasteiger partial charge < -0.3 is 19.5 Å². The Labute approximate surface area is 154 Å². The molecule has 0 spiro atoms. The van der Waals surface area contributed by atoms with Gasteiger partial charge in [0.25, 0.3) is 0 Å². The second-order valence-electron chi connectivity index (χ2n) is 7.24. The first-order chi connectivity index (χ1) is 12.7. The van der Waals surface area contributed by atoms with Gasteiger partial charge in [-0.3, -0.25) is 9.80 Å². The van der Waals surface area contributed by atoms with Crippen LogP contribution in [0.15, 0.2) is 48.8 Å². The molecule has 2 saturated heterocycles. The van der Waals surface area contributed by atoms with Crippen molar-refractivity contribution >= 4 is 0 Å². The van der Waals surface area contributed by atoms with Crippen LogP contribution in [-0.2, 0) is 11.3 Å². The second kappa shape index (κ2) is 7.90. The zero-order chi connectivity index (χ0) is 17.9. The summed E-state index contributed by atoms with van der Waals surface area (Å²) in [4.78, 5) is 4.69. The van der Waals surface area contributed by atoms with E-state index in [9.17, 15) is 10.2 Å². The molecule has 0 radical (unpaired) electrons. The van der Waals surface area contributed by atoms with E-state index in [2.05, 4.69) is 51.0 Å². The maximum atomic E-state index is 10.2. The fourth-order valence-corrected chi connectivity index (χ4v) is 3.92. The Morgan fingerprint density at radius 3 is 2.50 bits per heavy atom. The Balaban J connectivity index is 1.33. The van der Waals surface area contributed by atoms with Crippen LogP contribution in [0.4, 0.5) is 0 Å². The summed E-state index contributed by atoms with van der Waals surface area (Å²) in [7, 11) is 0. The summed E-state index contributed by atoms with van der Waals surface area (Å²) in [5.41, 5.74) is 2.49. The summed E-state index contributed by atoms with van der Waals surface area (Å²) in [5.74, 6) is 0. The lowest BCUT2D eigenvalue weighted by molar-refractivity contribution is -0.137. The average Bonchev–Trinajstić information content (AvgIpc) is 3.20. The quantitative estimate of drug-likeness (QED) is 0.844. The molecule has 2 aromatic rings. The van der Waals surface area contributed by atoms with E-state index < -0.39 is 12.2 Å². The van der Waals surface area contributed by atoms with Gasteiger partial charge in [-0.15, -0.1) is 0 Å². The van der Waals surface area contributed by atoms with Gasteiger partial charge in [0.1, 0.15) is 6.10 Å². The largest absolute Gasteiger partial charge is 0.389 e. The van der Waals surface area contributed by atoms with E-state index in [1.807, 2.05) is 12.1 Å². The van der Waals surface area contributed by atoms with Crippen molar-refractivity contribution in [1.29, 1.82) is 0 Å². The van der Waals surface area contributed by atoms with Gasteiger partial charge in [0.15, 0.2) is 0 Å². The van der Waals surface area contributed by atoms with E-state index in [1.165, 1.54) is 11.3 Å². The highest BCUT2D eigenvalue weighted by Crippen LogP contribution is 2.19. The fraction of sp³-hybridized carbons (Fsp3) is 0.500. The minimum absolute atomic E-state index is 0.0991.